The summed E-state index contributed by atoms with van der Waals surface area (Å²) in [5, 5.41) is 0. The van der Waals surface area contributed by atoms with E-state index in [2.05, 4.69) is 13.8 Å². The topological polar surface area (TPSA) is 9.23 Å². The van der Waals surface area contributed by atoms with Crippen LogP contribution >= 0.6 is 0 Å². The molecule has 1 aliphatic carbocycles. The van der Waals surface area contributed by atoms with Crippen LogP contribution < -0.4 is 4.74 Å². The molecule has 4 heteroatoms. The number of hydrogen-bond donors (Lipinski definition) is 0. The maximum Gasteiger partial charge on any atom is 0.194 e. The van der Waals surface area contributed by atoms with Gasteiger partial charge < -0.3 is 4.74 Å². The Morgan fingerprint density at radius 1 is 1.12 bits per heavy atom. The van der Waals surface area contributed by atoms with Crippen LogP contribution in [0.15, 0.2) is 12.1 Å². The van der Waals surface area contributed by atoms with Gasteiger partial charge in [0.05, 0.1) is 6.10 Å². The lowest BCUT2D eigenvalue weighted by atomic mass is 9.75. The fraction of sp³-hybridized carbons (Fsp3) is 0.538. The molecule has 0 spiro atoms. The third-order valence-corrected chi connectivity index (χ3v) is 3.33. The number of ether oxygens (including phenoxy) is 1. The normalized spacial score (nSPS) is 23.6. The lowest BCUT2D eigenvalue weighted by Gasteiger charge is -2.37. The van der Waals surface area contributed by atoms with Crippen molar-refractivity contribution < 1.29 is 17.9 Å². The van der Waals surface area contributed by atoms with Crippen LogP contribution in [0.5, 0.6) is 5.75 Å². The van der Waals surface area contributed by atoms with Crippen LogP contribution in [-0.4, -0.2) is 6.10 Å². The van der Waals surface area contributed by atoms with Crippen molar-refractivity contribution in [3.05, 3.63) is 29.6 Å². The third kappa shape index (κ3) is 2.56. The molecule has 0 atom stereocenters. The molecule has 17 heavy (non-hydrogen) atoms. The van der Waals surface area contributed by atoms with E-state index < -0.39 is 17.5 Å². The van der Waals surface area contributed by atoms with Crippen molar-refractivity contribution in [1.82, 2.24) is 0 Å². The predicted octanol–water partition coefficient (Wildman–Crippen LogP) is 3.92. The summed E-state index contributed by atoms with van der Waals surface area (Å²) in [7, 11) is 0. The van der Waals surface area contributed by atoms with Gasteiger partial charge in [0.25, 0.3) is 0 Å². The van der Waals surface area contributed by atoms with Crippen molar-refractivity contribution in [3.8, 4) is 5.75 Å². The first-order chi connectivity index (χ1) is 7.97. The van der Waals surface area contributed by atoms with Gasteiger partial charge in [0.2, 0.25) is 0 Å². The average molecular weight is 244 g/mol. The van der Waals surface area contributed by atoms with Gasteiger partial charge in [-0.05, 0) is 24.7 Å². The molecule has 1 nitrogen and oxygen atoms in total. The second-order valence-corrected chi connectivity index (χ2v) is 4.92. The van der Waals surface area contributed by atoms with Crippen LogP contribution in [0.2, 0.25) is 0 Å². The van der Waals surface area contributed by atoms with Crippen molar-refractivity contribution in [2.24, 2.45) is 11.8 Å². The van der Waals surface area contributed by atoms with E-state index in [-0.39, 0.29) is 11.9 Å². The molecule has 1 aromatic rings. The molecule has 0 N–H and O–H groups in total. The first kappa shape index (κ1) is 12.3. The molecule has 0 bridgehead atoms. The first-order valence-electron chi connectivity index (χ1n) is 5.78. The largest absolute Gasteiger partial charge is 0.490 e. The molecule has 0 aromatic heterocycles. The van der Waals surface area contributed by atoms with E-state index in [4.69, 9.17) is 4.74 Å². The maximum atomic E-state index is 12.9. The van der Waals surface area contributed by atoms with E-state index in [0.717, 1.165) is 25.0 Å². The Hall–Kier alpha value is -1.19. The molecule has 1 fully saturated rings. The second-order valence-electron chi connectivity index (χ2n) is 4.92. The standard InChI is InChI=1S/C13H15F3O/c1-7(2)8-3-9(4-8)17-10-5-11(14)13(16)12(15)6-10/h5-9H,3-4H2,1-2H3/t8-,9-. The van der Waals surface area contributed by atoms with Crippen molar-refractivity contribution >= 4 is 0 Å². The summed E-state index contributed by atoms with van der Waals surface area (Å²) < 4.78 is 44.0. The number of benzene rings is 1. The second kappa shape index (κ2) is 4.59. The van der Waals surface area contributed by atoms with Crippen LogP contribution in [0.1, 0.15) is 26.7 Å². The van der Waals surface area contributed by atoms with Crippen molar-refractivity contribution in [2.45, 2.75) is 32.8 Å². The van der Waals surface area contributed by atoms with Crippen LogP contribution in [0, 0.1) is 29.3 Å². The quantitative estimate of drug-likeness (QED) is 0.732. The maximum absolute atomic E-state index is 12.9. The van der Waals surface area contributed by atoms with Gasteiger partial charge in [-0.15, -0.1) is 0 Å². The molecule has 0 aliphatic heterocycles. The van der Waals surface area contributed by atoms with Gasteiger partial charge in [0.1, 0.15) is 5.75 Å². The molecular formula is C13H15F3O. The number of hydrogen-bond acceptors (Lipinski definition) is 1. The van der Waals surface area contributed by atoms with E-state index >= 15 is 0 Å². The molecule has 0 saturated heterocycles. The Morgan fingerprint density at radius 2 is 1.65 bits per heavy atom. The van der Waals surface area contributed by atoms with Gasteiger partial charge >= 0.3 is 0 Å². The third-order valence-electron chi connectivity index (χ3n) is 3.33. The summed E-state index contributed by atoms with van der Waals surface area (Å²) >= 11 is 0. The van der Waals surface area contributed by atoms with Crippen molar-refractivity contribution in [3.63, 3.8) is 0 Å². The minimum Gasteiger partial charge on any atom is -0.490 e. The summed E-state index contributed by atoms with van der Waals surface area (Å²) in [6.45, 7) is 4.27. The summed E-state index contributed by atoms with van der Waals surface area (Å²) in [5.74, 6) is -2.61. The average Bonchev–Trinajstić information content (AvgIpc) is 2.18. The van der Waals surface area contributed by atoms with Crippen molar-refractivity contribution in [1.29, 1.82) is 0 Å². The van der Waals surface area contributed by atoms with E-state index in [9.17, 15) is 13.2 Å². The summed E-state index contributed by atoms with van der Waals surface area (Å²) in [6.07, 6.45) is 1.77. The zero-order valence-corrected chi connectivity index (χ0v) is 9.84. The molecule has 1 aromatic carbocycles. The Labute approximate surface area is 98.6 Å². The van der Waals surface area contributed by atoms with Gasteiger partial charge in [-0.1, -0.05) is 13.8 Å². The van der Waals surface area contributed by atoms with Crippen LogP contribution in [0.4, 0.5) is 13.2 Å². The summed E-state index contributed by atoms with van der Waals surface area (Å²) in [5.41, 5.74) is 0. The lowest BCUT2D eigenvalue weighted by Crippen LogP contribution is -2.36. The van der Waals surface area contributed by atoms with Gasteiger partial charge in [0.15, 0.2) is 17.5 Å². The van der Waals surface area contributed by atoms with E-state index in [0.29, 0.717) is 11.8 Å². The molecular weight excluding hydrogens is 229 g/mol. The van der Waals surface area contributed by atoms with E-state index in [1.807, 2.05) is 0 Å². The molecule has 0 unspecified atom stereocenters. The summed E-state index contributed by atoms with van der Waals surface area (Å²) in [6, 6.07) is 1.78. The highest BCUT2D eigenvalue weighted by Crippen LogP contribution is 2.36. The number of halogens is 3. The fourth-order valence-corrected chi connectivity index (χ4v) is 2.04. The highest BCUT2D eigenvalue weighted by molar-refractivity contribution is 5.25. The van der Waals surface area contributed by atoms with Crippen LogP contribution in [0.25, 0.3) is 0 Å². The highest BCUT2D eigenvalue weighted by atomic mass is 19.2. The summed E-state index contributed by atoms with van der Waals surface area (Å²) in [4.78, 5) is 0. The van der Waals surface area contributed by atoms with E-state index in [1.54, 1.807) is 0 Å². The SMILES string of the molecule is CC(C)[C@H]1C[C@H](Oc2cc(F)c(F)c(F)c2)C1. The lowest BCUT2D eigenvalue weighted by molar-refractivity contribution is 0.0411. The Bertz CT molecular complexity index is 388. The first-order valence-corrected chi connectivity index (χ1v) is 5.78. The van der Waals surface area contributed by atoms with Gasteiger partial charge in [-0.3, -0.25) is 0 Å². The zero-order chi connectivity index (χ0) is 12.6. The smallest absolute Gasteiger partial charge is 0.194 e. The van der Waals surface area contributed by atoms with Crippen LogP contribution in [-0.2, 0) is 0 Å². The molecule has 0 amide bonds. The molecule has 94 valence electrons. The monoisotopic (exact) mass is 244 g/mol. The van der Waals surface area contributed by atoms with Gasteiger partial charge in [0, 0.05) is 12.1 Å². The predicted molar refractivity (Wildman–Crippen MR) is 58.3 cm³/mol. The fourth-order valence-electron chi connectivity index (χ4n) is 2.04. The number of rotatable bonds is 3. The minimum absolute atomic E-state index is 0.00772. The molecule has 1 aliphatic rings. The molecule has 0 radical (unpaired) electrons. The van der Waals surface area contributed by atoms with Gasteiger partial charge in [-0.25, -0.2) is 13.2 Å². The van der Waals surface area contributed by atoms with E-state index in [1.165, 1.54) is 0 Å². The van der Waals surface area contributed by atoms with Gasteiger partial charge in [-0.2, -0.15) is 0 Å². The van der Waals surface area contributed by atoms with Crippen molar-refractivity contribution in [2.75, 3.05) is 0 Å². The zero-order valence-electron chi connectivity index (χ0n) is 9.84. The molecule has 0 heterocycles. The minimum atomic E-state index is -1.45. The highest BCUT2D eigenvalue weighted by Gasteiger charge is 2.33. The molecule has 1 saturated carbocycles. The Kier molecular flexibility index (Phi) is 3.31. The Morgan fingerprint density at radius 3 is 2.12 bits per heavy atom. The molecule has 2 rings (SSSR count). The Balaban J connectivity index is 1.97. The van der Waals surface area contributed by atoms with Crippen LogP contribution in [0.3, 0.4) is 0 Å².